The van der Waals surface area contributed by atoms with Gasteiger partial charge in [0.2, 0.25) is 0 Å². The van der Waals surface area contributed by atoms with E-state index in [0.717, 1.165) is 31.7 Å². The first kappa shape index (κ1) is 18.2. The summed E-state index contributed by atoms with van der Waals surface area (Å²) < 4.78 is 15.7. The summed E-state index contributed by atoms with van der Waals surface area (Å²) >= 11 is 0. The van der Waals surface area contributed by atoms with Crippen molar-refractivity contribution in [2.45, 2.75) is 6.04 Å². The Morgan fingerprint density at radius 1 is 1.19 bits per heavy atom. The standard InChI is InChI=1S/C15H20FN3.2ClH/c1-18-11-13(12-4-2-3-5-14(12)18)15(10-16)19-8-6-17-7-9-19;;/h2-5,11,15,17H,6-10H2,1H3;2*1H/t15-;;/m0../s1. The minimum absolute atomic E-state index is 0. The molecule has 1 aliphatic heterocycles. The molecule has 3 nitrogen and oxygen atoms in total. The van der Waals surface area contributed by atoms with Crippen molar-refractivity contribution in [1.29, 1.82) is 0 Å². The number of para-hydroxylation sites is 1. The fourth-order valence-corrected chi connectivity index (χ4v) is 3.01. The molecule has 0 spiro atoms. The highest BCUT2D eigenvalue weighted by Crippen LogP contribution is 2.30. The Labute approximate surface area is 137 Å². The van der Waals surface area contributed by atoms with E-state index < -0.39 is 0 Å². The minimum Gasteiger partial charge on any atom is -0.350 e. The number of aromatic nitrogens is 1. The number of aryl methyl sites for hydroxylation is 1. The molecule has 2 heterocycles. The normalized spacial score (nSPS) is 17.0. The number of piperazine rings is 1. The van der Waals surface area contributed by atoms with E-state index in [-0.39, 0.29) is 37.5 Å². The first-order valence-electron chi connectivity index (χ1n) is 6.86. The molecular formula is C15H22Cl2FN3. The molecule has 1 aromatic carbocycles. The number of nitrogens with one attached hydrogen (secondary N) is 1. The first-order valence-corrected chi connectivity index (χ1v) is 6.86. The third kappa shape index (κ3) is 3.51. The average Bonchev–Trinajstić information content (AvgIpc) is 2.79. The van der Waals surface area contributed by atoms with E-state index in [1.54, 1.807) is 0 Å². The number of nitrogens with zero attached hydrogens (tertiary/aromatic N) is 2. The van der Waals surface area contributed by atoms with Crippen molar-refractivity contribution in [3.05, 3.63) is 36.0 Å². The summed E-state index contributed by atoms with van der Waals surface area (Å²) in [5.74, 6) is 0. The van der Waals surface area contributed by atoms with Gasteiger partial charge in [-0.25, -0.2) is 4.39 Å². The second-order valence-corrected chi connectivity index (χ2v) is 5.17. The van der Waals surface area contributed by atoms with E-state index in [1.807, 2.05) is 19.2 Å². The van der Waals surface area contributed by atoms with Crippen LogP contribution in [0.5, 0.6) is 0 Å². The lowest BCUT2D eigenvalue weighted by molar-refractivity contribution is 0.148. The fraction of sp³-hybridized carbons (Fsp3) is 0.467. The van der Waals surface area contributed by atoms with Gasteiger partial charge in [0.15, 0.2) is 0 Å². The number of rotatable bonds is 3. The van der Waals surface area contributed by atoms with Crippen LogP contribution in [0, 0.1) is 0 Å². The van der Waals surface area contributed by atoms with Gasteiger partial charge in [-0.15, -0.1) is 24.8 Å². The summed E-state index contributed by atoms with van der Waals surface area (Å²) in [6.45, 7) is 3.39. The number of halogens is 3. The topological polar surface area (TPSA) is 20.2 Å². The van der Waals surface area contributed by atoms with Gasteiger partial charge in [-0.2, -0.15) is 0 Å². The van der Waals surface area contributed by atoms with Gasteiger partial charge in [-0.05, 0) is 11.6 Å². The van der Waals surface area contributed by atoms with Crippen molar-refractivity contribution in [1.82, 2.24) is 14.8 Å². The lowest BCUT2D eigenvalue weighted by Gasteiger charge is -2.33. The Morgan fingerprint density at radius 3 is 2.52 bits per heavy atom. The van der Waals surface area contributed by atoms with Crippen LogP contribution in [0.1, 0.15) is 11.6 Å². The molecule has 1 N–H and O–H groups in total. The molecule has 0 unspecified atom stereocenters. The summed E-state index contributed by atoms with van der Waals surface area (Å²) in [7, 11) is 2.03. The molecule has 21 heavy (non-hydrogen) atoms. The van der Waals surface area contributed by atoms with Crippen LogP contribution in [0.3, 0.4) is 0 Å². The van der Waals surface area contributed by atoms with Crippen LogP contribution in [0.15, 0.2) is 30.5 Å². The van der Waals surface area contributed by atoms with Crippen molar-refractivity contribution in [3.63, 3.8) is 0 Å². The number of hydrogen-bond donors (Lipinski definition) is 1. The molecule has 118 valence electrons. The van der Waals surface area contributed by atoms with Gasteiger partial charge in [-0.1, -0.05) is 18.2 Å². The van der Waals surface area contributed by atoms with Crippen LogP contribution < -0.4 is 5.32 Å². The minimum atomic E-state index is -0.325. The average molecular weight is 334 g/mol. The third-order valence-corrected chi connectivity index (χ3v) is 4.03. The van der Waals surface area contributed by atoms with Gasteiger partial charge in [0.05, 0.1) is 6.04 Å². The van der Waals surface area contributed by atoms with Crippen molar-refractivity contribution >= 4 is 35.7 Å². The molecular weight excluding hydrogens is 312 g/mol. The largest absolute Gasteiger partial charge is 0.350 e. The van der Waals surface area contributed by atoms with Crippen molar-refractivity contribution in [2.75, 3.05) is 32.9 Å². The maximum Gasteiger partial charge on any atom is 0.109 e. The smallest absolute Gasteiger partial charge is 0.109 e. The lowest BCUT2D eigenvalue weighted by atomic mass is 10.0. The van der Waals surface area contributed by atoms with Crippen LogP contribution in [-0.2, 0) is 7.05 Å². The summed E-state index contributed by atoms with van der Waals surface area (Å²) in [6.07, 6.45) is 2.08. The predicted octanol–water partition coefficient (Wildman–Crippen LogP) is 2.94. The number of fused-ring (bicyclic) bond motifs is 1. The summed E-state index contributed by atoms with van der Waals surface area (Å²) in [5.41, 5.74) is 2.29. The van der Waals surface area contributed by atoms with Gasteiger partial charge in [0.1, 0.15) is 6.67 Å². The molecule has 1 aliphatic rings. The molecule has 1 fully saturated rings. The Bertz CT molecular complexity index is 567. The van der Waals surface area contributed by atoms with Crippen molar-refractivity contribution < 1.29 is 4.39 Å². The molecule has 6 heteroatoms. The third-order valence-electron chi connectivity index (χ3n) is 4.03. The van der Waals surface area contributed by atoms with Gasteiger partial charge in [0, 0.05) is 50.3 Å². The van der Waals surface area contributed by atoms with E-state index in [0.29, 0.717) is 0 Å². The SMILES string of the molecule is Cl.Cl.Cn1cc([C@H](CF)N2CCNCC2)c2ccccc21. The van der Waals surface area contributed by atoms with Crippen LogP contribution in [0.2, 0.25) is 0 Å². The van der Waals surface area contributed by atoms with E-state index in [1.165, 1.54) is 10.9 Å². The zero-order valence-electron chi connectivity index (χ0n) is 12.1. The van der Waals surface area contributed by atoms with E-state index >= 15 is 0 Å². The Balaban J connectivity index is 0.00000110. The number of benzene rings is 1. The second-order valence-electron chi connectivity index (χ2n) is 5.17. The number of hydrogen-bond acceptors (Lipinski definition) is 2. The van der Waals surface area contributed by atoms with Crippen LogP contribution >= 0.6 is 24.8 Å². The molecule has 0 bridgehead atoms. The van der Waals surface area contributed by atoms with E-state index in [9.17, 15) is 4.39 Å². The summed E-state index contributed by atoms with van der Waals surface area (Å²) in [6, 6.07) is 8.12. The molecule has 0 amide bonds. The molecule has 0 saturated carbocycles. The highest BCUT2D eigenvalue weighted by molar-refractivity contribution is 5.86. The fourth-order valence-electron chi connectivity index (χ4n) is 3.01. The summed E-state index contributed by atoms with van der Waals surface area (Å²) in [5, 5.41) is 4.49. The highest BCUT2D eigenvalue weighted by atomic mass is 35.5. The van der Waals surface area contributed by atoms with Crippen LogP contribution in [0.4, 0.5) is 4.39 Å². The maximum atomic E-state index is 13.6. The lowest BCUT2D eigenvalue weighted by Crippen LogP contribution is -2.45. The summed E-state index contributed by atoms with van der Waals surface area (Å²) in [4.78, 5) is 2.25. The van der Waals surface area contributed by atoms with Gasteiger partial charge >= 0.3 is 0 Å². The molecule has 0 aliphatic carbocycles. The molecule has 2 aromatic rings. The Kier molecular flexibility index (Phi) is 6.94. The first-order chi connectivity index (χ1) is 9.31. The van der Waals surface area contributed by atoms with Gasteiger partial charge in [-0.3, -0.25) is 4.90 Å². The molecule has 1 saturated heterocycles. The quantitative estimate of drug-likeness (QED) is 0.931. The highest BCUT2D eigenvalue weighted by Gasteiger charge is 2.24. The Morgan fingerprint density at radius 2 is 1.86 bits per heavy atom. The number of alkyl halides is 1. The second kappa shape index (κ2) is 7.99. The van der Waals surface area contributed by atoms with Gasteiger partial charge in [0.25, 0.3) is 0 Å². The zero-order chi connectivity index (χ0) is 13.2. The van der Waals surface area contributed by atoms with Gasteiger partial charge < -0.3 is 9.88 Å². The molecule has 0 radical (unpaired) electrons. The van der Waals surface area contributed by atoms with Crippen molar-refractivity contribution in [3.8, 4) is 0 Å². The molecule has 3 rings (SSSR count). The van der Waals surface area contributed by atoms with Crippen LogP contribution in [0.25, 0.3) is 10.9 Å². The molecule has 1 aromatic heterocycles. The maximum absolute atomic E-state index is 13.6. The monoisotopic (exact) mass is 333 g/mol. The van der Waals surface area contributed by atoms with Crippen molar-refractivity contribution in [2.24, 2.45) is 7.05 Å². The van der Waals surface area contributed by atoms with E-state index in [4.69, 9.17) is 0 Å². The van der Waals surface area contributed by atoms with Crippen LogP contribution in [-0.4, -0.2) is 42.3 Å². The van der Waals surface area contributed by atoms with E-state index in [2.05, 4.69) is 33.1 Å². The zero-order valence-corrected chi connectivity index (χ0v) is 13.7. The Hall–Kier alpha value is -0.810. The molecule has 1 atom stereocenters. The predicted molar refractivity (Wildman–Crippen MR) is 90.6 cm³/mol.